The van der Waals surface area contributed by atoms with Gasteiger partial charge in [0.15, 0.2) is 9.84 Å². The summed E-state index contributed by atoms with van der Waals surface area (Å²) >= 11 is 5.75. The van der Waals surface area contributed by atoms with Crippen molar-refractivity contribution in [1.82, 2.24) is 0 Å². The van der Waals surface area contributed by atoms with E-state index in [0.29, 0.717) is 0 Å². The first-order chi connectivity index (χ1) is 6.75. The summed E-state index contributed by atoms with van der Waals surface area (Å²) in [7, 11) is -3.38. The van der Waals surface area contributed by atoms with Crippen molar-refractivity contribution < 1.29 is 18.3 Å². The Morgan fingerprint density at radius 2 is 1.93 bits per heavy atom. The van der Waals surface area contributed by atoms with E-state index >= 15 is 0 Å². The van der Waals surface area contributed by atoms with E-state index in [1.54, 1.807) is 0 Å². The van der Waals surface area contributed by atoms with Crippen LogP contribution in [0.5, 0.6) is 0 Å². The molecule has 6 heteroatoms. The van der Waals surface area contributed by atoms with E-state index in [1.165, 1.54) is 19.1 Å². The fourth-order valence-electron chi connectivity index (χ4n) is 1.23. The number of carboxylic acid groups (broad SMARTS) is 1. The maximum atomic E-state index is 11.3. The number of halogens is 1. The van der Waals surface area contributed by atoms with Gasteiger partial charge in [-0.05, 0) is 24.6 Å². The molecule has 0 aliphatic rings. The fourth-order valence-corrected chi connectivity index (χ4v) is 2.51. The summed E-state index contributed by atoms with van der Waals surface area (Å²) in [5.74, 6) is -1.18. The van der Waals surface area contributed by atoms with Gasteiger partial charge in [0.2, 0.25) is 0 Å². The lowest BCUT2D eigenvalue weighted by Crippen LogP contribution is -2.05. The quantitative estimate of drug-likeness (QED) is 0.866. The van der Waals surface area contributed by atoms with E-state index in [-0.39, 0.29) is 21.0 Å². The second kappa shape index (κ2) is 3.83. The Balaban J connectivity index is 3.55. The van der Waals surface area contributed by atoms with E-state index in [1.807, 2.05) is 0 Å². The molecule has 0 amide bonds. The van der Waals surface area contributed by atoms with Crippen LogP contribution >= 0.6 is 11.6 Å². The van der Waals surface area contributed by atoms with Crippen molar-refractivity contribution in [2.45, 2.75) is 11.8 Å². The molecule has 4 nitrogen and oxygen atoms in total. The third-order valence-electron chi connectivity index (χ3n) is 1.97. The van der Waals surface area contributed by atoms with Crippen LogP contribution in [-0.2, 0) is 9.84 Å². The molecule has 0 aliphatic carbocycles. The number of benzene rings is 1. The average molecular weight is 249 g/mol. The summed E-state index contributed by atoms with van der Waals surface area (Å²) in [6.07, 6.45) is 1.05. The maximum Gasteiger partial charge on any atom is 0.337 e. The first-order valence-electron chi connectivity index (χ1n) is 3.97. The highest BCUT2D eigenvalue weighted by molar-refractivity contribution is 7.90. The second-order valence-electron chi connectivity index (χ2n) is 3.13. The summed E-state index contributed by atoms with van der Waals surface area (Å²) < 4.78 is 22.6. The highest BCUT2D eigenvalue weighted by atomic mass is 35.5. The Morgan fingerprint density at radius 3 is 2.33 bits per heavy atom. The molecule has 0 atom stereocenters. The van der Waals surface area contributed by atoms with Crippen LogP contribution in [0.25, 0.3) is 0 Å². The van der Waals surface area contributed by atoms with Gasteiger partial charge in [-0.3, -0.25) is 0 Å². The van der Waals surface area contributed by atoms with Crippen LogP contribution in [0, 0.1) is 6.92 Å². The van der Waals surface area contributed by atoms with Crippen molar-refractivity contribution in [1.29, 1.82) is 0 Å². The van der Waals surface area contributed by atoms with Gasteiger partial charge in [-0.25, -0.2) is 13.2 Å². The lowest BCUT2D eigenvalue weighted by molar-refractivity contribution is 0.0697. The van der Waals surface area contributed by atoms with Crippen LogP contribution in [-0.4, -0.2) is 25.7 Å². The zero-order valence-corrected chi connectivity index (χ0v) is 9.69. The van der Waals surface area contributed by atoms with Crippen molar-refractivity contribution in [2.75, 3.05) is 6.26 Å². The largest absolute Gasteiger partial charge is 0.478 e. The Hall–Kier alpha value is -1.07. The summed E-state index contributed by atoms with van der Waals surface area (Å²) in [5, 5.41) is 8.71. The van der Waals surface area contributed by atoms with Crippen LogP contribution in [0.1, 0.15) is 15.9 Å². The van der Waals surface area contributed by atoms with Gasteiger partial charge in [0.25, 0.3) is 0 Å². The minimum atomic E-state index is -3.38. The maximum absolute atomic E-state index is 11.3. The molecule has 1 aromatic carbocycles. The van der Waals surface area contributed by atoms with Crippen molar-refractivity contribution in [2.24, 2.45) is 0 Å². The molecule has 0 unspecified atom stereocenters. The van der Waals surface area contributed by atoms with Crippen LogP contribution in [0.4, 0.5) is 0 Å². The van der Waals surface area contributed by atoms with Gasteiger partial charge in [0.05, 0.1) is 15.5 Å². The first kappa shape index (κ1) is 12.0. The third kappa shape index (κ3) is 2.30. The molecule has 0 radical (unpaired) electrons. The van der Waals surface area contributed by atoms with Gasteiger partial charge < -0.3 is 5.11 Å². The lowest BCUT2D eigenvalue weighted by Gasteiger charge is -2.07. The molecule has 1 aromatic rings. The molecule has 1 N–H and O–H groups in total. The molecule has 0 aromatic heterocycles. The van der Waals surface area contributed by atoms with Crippen LogP contribution < -0.4 is 0 Å². The summed E-state index contributed by atoms with van der Waals surface area (Å²) in [4.78, 5) is 10.8. The molecule has 0 heterocycles. The fraction of sp³-hybridized carbons (Fsp3) is 0.222. The Labute approximate surface area is 92.4 Å². The zero-order valence-electron chi connectivity index (χ0n) is 8.11. The summed E-state index contributed by atoms with van der Waals surface area (Å²) in [5.41, 5.74) is 0.167. The van der Waals surface area contributed by atoms with Gasteiger partial charge in [0.1, 0.15) is 0 Å². The lowest BCUT2D eigenvalue weighted by atomic mass is 10.1. The molecule has 1 rings (SSSR count). The van der Waals surface area contributed by atoms with Crippen molar-refractivity contribution >= 4 is 27.4 Å². The van der Waals surface area contributed by atoms with Crippen LogP contribution in [0.15, 0.2) is 17.0 Å². The molecule has 15 heavy (non-hydrogen) atoms. The molecule has 0 bridgehead atoms. The van der Waals surface area contributed by atoms with Gasteiger partial charge in [-0.1, -0.05) is 11.6 Å². The minimum Gasteiger partial charge on any atom is -0.478 e. The number of rotatable bonds is 2. The standard InChI is InChI=1S/C9H9ClO4S/c1-5-7(15(2,13)14)4-3-6(8(5)10)9(11)12/h3-4H,1-2H3,(H,11,12). The summed E-state index contributed by atoms with van der Waals surface area (Å²) in [6, 6.07) is 2.44. The third-order valence-corrected chi connectivity index (χ3v) is 3.69. The highest BCUT2D eigenvalue weighted by Gasteiger charge is 2.18. The second-order valence-corrected chi connectivity index (χ2v) is 5.49. The number of hydrogen-bond donors (Lipinski definition) is 1. The van der Waals surface area contributed by atoms with Crippen LogP contribution in [0.3, 0.4) is 0 Å². The first-order valence-corrected chi connectivity index (χ1v) is 6.24. The van der Waals surface area contributed by atoms with Crippen molar-refractivity contribution in [3.63, 3.8) is 0 Å². The number of aromatic carboxylic acids is 1. The average Bonchev–Trinajstić information content (AvgIpc) is 2.06. The predicted molar refractivity (Wildman–Crippen MR) is 56.3 cm³/mol. The monoisotopic (exact) mass is 248 g/mol. The molecule has 0 fully saturated rings. The number of carbonyl (C=O) groups is 1. The van der Waals surface area contributed by atoms with E-state index in [4.69, 9.17) is 16.7 Å². The molecular weight excluding hydrogens is 240 g/mol. The minimum absolute atomic E-state index is 0.0366. The van der Waals surface area contributed by atoms with Crippen molar-refractivity contribution in [3.05, 3.63) is 28.3 Å². The molecule has 0 aliphatic heterocycles. The number of sulfone groups is 1. The molecule has 0 spiro atoms. The molecule has 0 saturated heterocycles. The van der Waals surface area contributed by atoms with Gasteiger partial charge in [-0.15, -0.1) is 0 Å². The summed E-state index contributed by atoms with van der Waals surface area (Å²) in [6.45, 7) is 1.48. The smallest absolute Gasteiger partial charge is 0.337 e. The zero-order chi connectivity index (χ0) is 11.8. The number of carboxylic acids is 1. The number of hydrogen-bond acceptors (Lipinski definition) is 3. The highest BCUT2D eigenvalue weighted by Crippen LogP contribution is 2.26. The molecule has 0 saturated carbocycles. The van der Waals surface area contributed by atoms with E-state index in [9.17, 15) is 13.2 Å². The Bertz CT molecular complexity index is 519. The topological polar surface area (TPSA) is 71.4 Å². The van der Waals surface area contributed by atoms with Gasteiger partial charge >= 0.3 is 5.97 Å². The normalized spacial score (nSPS) is 11.4. The SMILES string of the molecule is Cc1c(S(C)(=O)=O)ccc(C(=O)O)c1Cl. The predicted octanol–water partition coefficient (Wildman–Crippen LogP) is 1.75. The van der Waals surface area contributed by atoms with Gasteiger partial charge in [0, 0.05) is 6.26 Å². The van der Waals surface area contributed by atoms with E-state index in [2.05, 4.69) is 0 Å². The van der Waals surface area contributed by atoms with Gasteiger partial charge in [-0.2, -0.15) is 0 Å². The van der Waals surface area contributed by atoms with E-state index < -0.39 is 15.8 Å². The van der Waals surface area contributed by atoms with Crippen molar-refractivity contribution in [3.8, 4) is 0 Å². The van der Waals surface area contributed by atoms with E-state index in [0.717, 1.165) is 6.26 Å². The molecule has 82 valence electrons. The Morgan fingerprint density at radius 1 is 1.40 bits per heavy atom. The molecular formula is C9H9ClO4S. The van der Waals surface area contributed by atoms with Crippen LogP contribution in [0.2, 0.25) is 5.02 Å². The Kier molecular flexibility index (Phi) is 3.06.